The van der Waals surface area contributed by atoms with Crippen molar-refractivity contribution in [3.05, 3.63) is 77.5 Å². The molecule has 2 aromatic heterocycles. The van der Waals surface area contributed by atoms with Crippen LogP contribution in [0.3, 0.4) is 0 Å². The Morgan fingerprint density at radius 1 is 1.09 bits per heavy atom. The molecule has 0 aliphatic heterocycles. The molecule has 5 rings (SSSR count). The molecule has 1 aliphatic rings. The van der Waals surface area contributed by atoms with Gasteiger partial charge < -0.3 is 9.47 Å². The number of halogens is 1. The van der Waals surface area contributed by atoms with E-state index >= 15 is 0 Å². The van der Waals surface area contributed by atoms with Crippen molar-refractivity contribution in [3.63, 3.8) is 0 Å². The van der Waals surface area contributed by atoms with Crippen molar-refractivity contribution < 1.29 is 9.47 Å². The second-order valence-electron chi connectivity index (χ2n) is 8.49. The van der Waals surface area contributed by atoms with E-state index in [0.717, 1.165) is 41.0 Å². The van der Waals surface area contributed by atoms with E-state index in [4.69, 9.17) is 26.1 Å². The zero-order valence-corrected chi connectivity index (χ0v) is 19.0. The van der Waals surface area contributed by atoms with Gasteiger partial charge in [-0.1, -0.05) is 48.4 Å². The van der Waals surface area contributed by atoms with Gasteiger partial charge in [-0.3, -0.25) is 4.40 Å². The second-order valence-corrected chi connectivity index (χ2v) is 8.84. The quantitative estimate of drug-likeness (QED) is 0.317. The molecule has 0 bridgehead atoms. The van der Waals surface area contributed by atoms with Crippen LogP contribution in [0.2, 0.25) is 5.15 Å². The van der Waals surface area contributed by atoms with Gasteiger partial charge in [0.05, 0.1) is 11.8 Å². The molecule has 0 unspecified atom stereocenters. The maximum atomic E-state index is 6.54. The number of hydrogen-bond acceptors (Lipinski definition) is 4. The number of aromatic nitrogens is 3. The molecule has 32 heavy (non-hydrogen) atoms. The van der Waals surface area contributed by atoms with Crippen LogP contribution in [0.25, 0.3) is 16.8 Å². The Labute approximate surface area is 193 Å². The highest BCUT2D eigenvalue weighted by Crippen LogP contribution is 2.41. The third kappa shape index (κ3) is 4.05. The fourth-order valence-corrected chi connectivity index (χ4v) is 4.27. The molecular weight excluding hydrogens is 422 g/mol. The zero-order valence-electron chi connectivity index (χ0n) is 18.3. The van der Waals surface area contributed by atoms with Gasteiger partial charge in [0.1, 0.15) is 17.9 Å². The summed E-state index contributed by atoms with van der Waals surface area (Å²) in [6.45, 7) is 4.47. The first-order chi connectivity index (χ1) is 15.6. The molecule has 0 amide bonds. The Morgan fingerprint density at radius 2 is 1.91 bits per heavy atom. The summed E-state index contributed by atoms with van der Waals surface area (Å²) in [6.07, 6.45) is 7.28. The van der Waals surface area contributed by atoms with Crippen LogP contribution in [0.1, 0.15) is 50.4 Å². The van der Waals surface area contributed by atoms with Crippen LogP contribution in [0.15, 0.2) is 60.9 Å². The van der Waals surface area contributed by atoms with Crippen molar-refractivity contribution in [1.82, 2.24) is 14.4 Å². The number of rotatable bonds is 7. The van der Waals surface area contributed by atoms with Crippen LogP contribution in [0, 0.1) is 0 Å². The number of benzene rings is 2. The molecule has 0 atom stereocenters. The normalized spacial score (nSPS) is 14.0. The van der Waals surface area contributed by atoms with E-state index in [9.17, 15) is 0 Å². The van der Waals surface area contributed by atoms with Gasteiger partial charge in [-0.25, -0.2) is 9.97 Å². The maximum absolute atomic E-state index is 6.54. The van der Waals surface area contributed by atoms with E-state index in [-0.39, 0.29) is 6.10 Å². The van der Waals surface area contributed by atoms with Gasteiger partial charge in [-0.05, 0) is 50.5 Å². The van der Waals surface area contributed by atoms with Crippen molar-refractivity contribution in [1.29, 1.82) is 0 Å². The second kappa shape index (κ2) is 8.83. The summed E-state index contributed by atoms with van der Waals surface area (Å²) in [4.78, 5) is 9.35. The Morgan fingerprint density at radius 3 is 2.62 bits per heavy atom. The molecule has 0 N–H and O–H groups in total. The minimum Gasteiger partial charge on any atom is -0.487 e. The van der Waals surface area contributed by atoms with Crippen LogP contribution in [0.4, 0.5) is 0 Å². The van der Waals surface area contributed by atoms with E-state index in [0.29, 0.717) is 29.2 Å². The first kappa shape index (κ1) is 20.8. The fraction of sp³-hybridized carbons (Fsp3) is 0.308. The maximum Gasteiger partial charge on any atom is 0.162 e. The first-order valence-electron chi connectivity index (χ1n) is 11.1. The van der Waals surface area contributed by atoms with Crippen molar-refractivity contribution in [2.75, 3.05) is 0 Å². The largest absolute Gasteiger partial charge is 0.487 e. The highest BCUT2D eigenvalue weighted by atomic mass is 35.5. The summed E-state index contributed by atoms with van der Waals surface area (Å²) in [5.74, 6) is 2.92. The lowest BCUT2D eigenvalue weighted by molar-refractivity contribution is 0.218. The number of nitrogens with zero attached hydrogens (tertiary/aromatic N) is 3. The predicted octanol–water partition coefficient (Wildman–Crippen LogP) is 6.68. The van der Waals surface area contributed by atoms with E-state index in [1.807, 2.05) is 68.6 Å². The summed E-state index contributed by atoms with van der Waals surface area (Å²) in [6, 6.07) is 16.1. The molecule has 0 saturated heterocycles. The molecule has 4 aromatic rings. The zero-order chi connectivity index (χ0) is 22.1. The van der Waals surface area contributed by atoms with Crippen molar-refractivity contribution in [3.8, 4) is 22.8 Å². The monoisotopic (exact) mass is 447 g/mol. The van der Waals surface area contributed by atoms with Gasteiger partial charge in [-0.2, -0.15) is 0 Å². The summed E-state index contributed by atoms with van der Waals surface area (Å²) in [5, 5.41) is 0.454. The molecule has 6 heteroatoms. The average molecular weight is 448 g/mol. The highest BCUT2D eigenvalue weighted by Gasteiger charge is 2.27. The number of imidazole rings is 1. The van der Waals surface area contributed by atoms with E-state index in [1.165, 1.54) is 6.42 Å². The summed E-state index contributed by atoms with van der Waals surface area (Å²) >= 11 is 6.54. The van der Waals surface area contributed by atoms with Crippen LogP contribution >= 0.6 is 11.6 Å². The van der Waals surface area contributed by atoms with E-state index in [2.05, 4.69) is 9.38 Å². The number of hydrogen-bond donors (Lipinski definition) is 0. The Bertz CT molecular complexity index is 1230. The van der Waals surface area contributed by atoms with Gasteiger partial charge in [-0.15, -0.1) is 0 Å². The van der Waals surface area contributed by atoms with Crippen molar-refractivity contribution >= 4 is 17.1 Å². The lowest BCUT2D eigenvalue weighted by atomic mass is 9.85. The highest BCUT2D eigenvalue weighted by molar-refractivity contribution is 6.33. The van der Waals surface area contributed by atoms with Crippen molar-refractivity contribution in [2.45, 2.75) is 51.7 Å². The molecule has 0 radical (unpaired) electrons. The predicted molar refractivity (Wildman–Crippen MR) is 127 cm³/mol. The molecule has 2 aromatic carbocycles. The van der Waals surface area contributed by atoms with E-state index in [1.54, 1.807) is 6.20 Å². The van der Waals surface area contributed by atoms with Crippen LogP contribution < -0.4 is 9.47 Å². The average Bonchev–Trinajstić information content (AvgIpc) is 3.13. The minimum atomic E-state index is 0.0391. The van der Waals surface area contributed by atoms with Gasteiger partial charge in [0.15, 0.2) is 16.7 Å². The Hall–Kier alpha value is -3.05. The molecule has 1 fully saturated rings. The van der Waals surface area contributed by atoms with E-state index < -0.39 is 0 Å². The summed E-state index contributed by atoms with van der Waals surface area (Å²) in [7, 11) is 0. The molecule has 0 spiro atoms. The van der Waals surface area contributed by atoms with Crippen molar-refractivity contribution in [2.24, 2.45) is 0 Å². The lowest BCUT2D eigenvalue weighted by Gasteiger charge is -2.23. The molecule has 2 heterocycles. The Kier molecular flexibility index (Phi) is 5.75. The third-order valence-corrected chi connectivity index (χ3v) is 6.10. The van der Waals surface area contributed by atoms with Gasteiger partial charge in [0, 0.05) is 23.9 Å². The lowest BCUT2D eigenvalue weighted by Crippen LogP contribution is -2.12. The summed E-state index contributed by atoms with van der Waals surface area (Å²) < 4.78 is 14.3. The minimum absolute atomic E-state index is 0.0391. The molecule has 1 saturated carbocycles. The fourth-order valence-electron chi connectivity index (χ4n) is 4.04. The van der Waals surface area contributed by atoms with Crippen LogP contribution in [-0.4, -0.2) is 20.5 Å². The molecule has 5 nitrogen and oxygen atoms in total. The standard InChI is InChI=1S/C26H26ClN3O2/c1-17(2)32-21-12-11-20(15-22(21)31-16-18-7-4-3-5-8-18)23-24-25(27)28-13-14-30(24)26(29-23)19-9-6-10-19/h3-5,7-8,11-15,17,19H,6,9-10,16H2,1-2H3. The molecule has 164 valence electrons. The third-order valence-electron chi connectivity index (χ3n) is 5.82. The van der Waals surface area contributed by atoms with Crippen LogP contribution in [-0.2, 0) is 6.61 Å². The van der Waals surface area contributed by atoms with Gasteiger partial charge in [0.25, 0.3) is 0 Å². The first-order valence-corrected chi connectivity index (χ1v) is 11.5. The number of fused-ring (bicyclic) bond motifs is 1. The van der Waals surface area contributed by atoms with Gasteiger partial charge >= 0.3 is 0 Å². The number of ether oxygens (including phenoxy) is 2. The summed E-state index contributed by atoms with van der Waals surface area (Å²) in [5.41, 5.74) is 3.69. The Balaban J connectivity index is 1.57. The SMILES string of the molecule is CC(C)Oc1ccc(-c2nc(C3CCC3)n3ccnc(Cl)c23)cc1OCc1ccccc1. The van der Waals surface area contributed by atoms with Gasteiger partial charge in [0.2, 0.25) is 0 Å². The topological polar surface area (TPSA) is 48.7 Å². The van der Waals surface area contributed by atoms with Crippen LogP contribution in [0.5, 0.6) is 11.5 Å². The smallest absolute Gasteiger partial charge is 0.162 e. The molecular formula is C26H26ClN3O2. The molecule has 1 aliphatic carbocycles.